The highest BCUT2D eigenvalue weighted by Gasteiger charge is 2.46. The molecule has 0 amide bonds. The fourth-order valence-electron chi connectivity index (χ4n) is 1.73. The Morgan fingerprint density at radius 2 is 1.92 bits per heavy atom. The summed E-state index contributed by atoms with van der Waals surface area (Å²) in [6.45, 7) is 2.23. The Balaban J connectivity index is 0.000000845. The molecule has 0 bridgehead atoms. The van der Waals surface area contributed by atoms with Gasteiger partial charge in [-0.05, 0) is 24.3 Å². The number of hydrogen-bond donors (Lipinski definition) is 1. The fraction of sp³-hybridized carbons (Fsp3) is 0.455. The summed E-state index contributed by atoms with van der Waals surface area (Å²) in [7, 11) is 0. The topological polar surface area (TPSA) is 26.0 Å². The van der Waals surface area contributed by atoms with Gasteiger partial charge in [0.25, 0.3) is 0 Å². The maximum atomic E-state index is 6.12. The Kier molecular flexibility index (Phi) is 2.99. The zero-order valence-corrected chi connectivity index (χ0v) is 8.68. The van der Waals surface area contributed by atoms with Crippen LogP contribution in [-0.2, 0) is 6.42 Å². The van der Waals surface area contributed by atoms with E-state index in [0.717, 1.165) is 6.42 Å². The van der Waals surface area contributed by atoms with Gasteiger partial charge >= 0.3 is 0 Å². The molecular weight excluding hydrogens is 182 g/mol. The molecule has 1 nitrogen and oxygen atoms in total. The van der Waals surface area contributed by atoms with E-state index in [1.165, 1.54) is 12.0 Å². The van der Waals surface area contributed by atoms with Crippen molar-refractivity contribution in [1.82, 2.24) is 0 Å². The molecular formula is C11H16ClN. The second-order valence-corrected chi connectivity index (χ2v) is 4.00. The lowest BCUT2D eigenvalue weighted by atomic mass is 10.0. The van der Waals surface area contributed by atoms with E-state index in [9.17, 15) is 0 Å². The molecule has 1 aliphatic rings. The lowest BCUT2D eigenvalue weighted by Crippen LogP contribution is -2.27. The number of nitrogens with two attached hydrogens (primary N) is 1. The van der Waals surface area contributed by atoms with Crippen molar-refractivity contribution >= 4 is 12.4 Å². The number of benzene rings is 1. The molecule has 2 atom stereocenters. The van der Waals surface area contributed by atoms with E-state index in [4.69, 9.17) is 5.73 Å². The van der Waals surface area contributed by atoms with Gasteiger partial charge < -0.3 is 5.73 Å². The van der Waals surface area contributed by atoms with Crippen molar-refractivity contribution in [3.63, 3.8) is 0 Å². The molecule has 72 valence electrons. The zero-order valence-electron chi connectivity index (χ0n) is 7.86. The zero-order chi connectivity index (χ0) is 8.60. The van der Waals surface area contributed by atoms with E-state index in [-0.39, 0.29) is 17.9 Å². The van der Waals surface area contributed by atoms with Gasteiger partial charge in [-0.3, -0.25) is 0 Å². The Hall–Kier alpha value is -0.530. The molecule has 0 heterocycles. The quantitative estimate of drug-likeness (QED) is 0.774. The van der Waals surface area contributed by atoms with Crippen LogP contribution in [0.15, 0.2) is 30.3 Å². The van der Waals surface area contributed by atoms with Crippen LogP contribution in [0.4, 0.5) is 0 Å². The Bertz CT molecular complexity index is 273. The molecule has 13 heavy (non-hydrogen) atoms. The van der Waals surface area contributed by atoms with Gasteiger partial charge in [-0.15, -0.1) is 12.4 Å². The predicted octanol–water partition coefficient (Wildman–Crippen LogP) is 2.39. The highest BCUT2D eigenvalue weighted by Crippen LogP contribution is 2.42. The van der Waals surface area contributed by atoms with Crippen molar-refractivity contribution in [2.75, 3.05) is 0 Å². The monoisotopic (exact) mass is 197 g/mol. The lowest BCUT2D eigenvalue weighted by molar-refractivity contribution is 0.615. The van der Waals surface area contributed by atoms with Gasteiger partial charge in [0.05, 0.1) is 0 Å². The average molecular weight is 198 g/mol. The van der Waals surface area contributed by atoms with Gasteiger partial charge in [-0.2, -0.15) is 0 Å². The van der Waals surface area contributed by atoms with Crippen LogP contribution in [0, 0.1) is 5.92 Å². The van der Waals surface area contributed by atoms with E-state index >= 15 is 0 Å². The Morgan fingerprint density at radius 1 is 1.38 bits per heavy atom. The summed E-state index contributed by atoms with van der Waals surface area (Å²) in [5.74, 6) is 0.706. The maximum absolute atomic E-state index is 6.12. The van der Waals surface area contributed by atoms with Crippen LogP contribution in [0.5, 0.6) is 0 Å². The van der Waals surface area contributed by atoms with Crippen molar-refractivity contribution in [2.45, 2.75) is 25.3 Å². The number of halogens is 1. The van der Waals surface area contributed by atoms with Crippen LogP contribution in [0.25, 0.3) is 0 Å². The second-order valence-electron chi connectivity index (χ2n) is 4.00. The molecule has 0 aromatic heterocycles. The van der Waals surface area contributed by atoms with E-state index in [1.807, 2.05) is 6.07 Å². The van der Waals surface area contributed by atoms with Crippen molar-refractivity contribution in [3.05, 3.63) is 35.9 Å². The first-order chi connectivity index (χ1) is 5.71. The molecule has 2 rings (SSSR count). The lowest BCUT2D eigenvalue weighted by Gasteiger charge is -2.09. The van der Waals surface area contributed by atoms with E-state index < -0.39 is 0 Å². The molecule has 0 aliphatic heterocycles. The highest BCUT2D eigenvalue weighted by molar-refractivity contribution is 5.85. The minimum Gasteiger partial charge on any atom is -0.325 e. The van der Waals surface area contributed by atoms with Crippen LogP contribution in [0.1, 0.15) is 18.9 Å². The smallest absolute Gasteiger partial charge is 0.0224 e. The van der Waals surface area contributed by atoms with Gasteiger partial charge in [0.15, 0.2) is 0 Å². The van der Waals surface area contributed by atoms with E-state index in [0.29, 0.717) is 5.92 Å². The summed E-state index contributed by atoms with van der Waals surface area (Å²) >= 11 is 0. The third-order valence-corrected chi connectivity index (χ3v) is 2.88. The standard InChI is InChI=1S/C11H15N.ClH/c1-9-7-11(9,12)8-10-5-3-2-4-6-10;/h2-6,9H,7-8,12H2,1H3;1H/t9-,11-;/m1./s1. The minimum atomic E-state index is 0. The number of hydrogen-bond acceptors (Lipinski definition) is 1. The van der Waals surface area contributed by atoms with Crippen LogP contribution in [0.3, 0.4) is 0 Å². The molecule has 2 heteroatoms. The highest BCUT2D eigenvalue weighted by atomic mass is 35.5. The molecule has 0 spiro atoms. The van der Waals surface area contributed by atoms with Gasteiger partial charge in [0.1, 0.15) is 0 Å². The third kappa shape index (κ3) is 2.23. The number of rotatable bonds is 2. The molecule has 0 radical (unpaired) electrons. The van der Waals surface area contributed by atoms with Crippen molar-refractivity contribution in [3.8, 4) is 0 Å². The van der Waals surface area contributed by atoms with Crippen LogP contribution >= 0.6 is 12.4 Å². The van der Waals surface area contributed by atoms with Gasteiger partial charge in [0.2, 0.25) is 0 Å². The molecule has 1 aliphatic carbocycles. The Labute approximate surface area is 85.7 Å². The maximum Gasteiger partial charge on any atom is 0.0224 e. The molecule has 1 fully saturated rings. The predicted molar refractivity (Wildman–Crippen MR) is 58.1 cm³/mol. The molecule has 2 N–H and O–H groups in total. The van der Waals surface area contributed by atoms with Crippen molar-refractivity contribution in [1.29, 1.82) is 0 Å². The summed E-state index contributed by atoms with van der Waals surface area (Å²) in [5, 5.41) is 0. The summed E-state index contributed by atoms with van der Waals surface area (Å²) in [5.41, 5.74) is 7.60. The van der Waals surface area contributed by atoms with Crippen molar-refractivity contribution in [2.24, 2.45) is 11.7 Å². The average Bonchev–Trinajstić information content (AvgIpc) is 2.61. The van der Waals surface area contributed by atoms with Crippen molar-refractivity contribution < 1.29 is 0 Å². The first kappa shape index (κ1) is 10.6. The van der Waals surface area contributed by atoms with E-state index in [1.54, 1.807) is 0 Å². The van der Waals surface area contributed by atoms with Gasteiger partial charge in [-0.1, -0.05) is 37.3 Å². The molecule has 1 aromatic rings. The molecule has 1 aromatic carbocycles. The largest absolute Gasteiger partial charge is 0.325 e. The normalized spacial score (nSPS) is 30.8. The summed E-state index contributed by atoms with van der Waals surface area (Å²) in [6.07, 6.45) is 2.22. The van der Waals surface area contributed by atoms with Gasteiger partial charge in [-0.25, -0.2) is 0 Å². The van der Waals surface area contributed by atoms with Gasteiger partial charge in [0, 0.05) is 5.54 Å². The third-order valence-electron chi connectivity index (χ3n) is 2.88. The summed E-state index contributed by atoms with van der Waals surface area (Å²) in [6, 6.07) is 10.5. The minimum absolute atomic E-state index is 0. The molecule has 1 saturated carbocycles. The van der Waals surface area contributed by atoms with Crippen LogP contribution in [-0.4, -0.2) is 5.54 Å². The second kappa shape index (κ2) is 3.69. The first-order valence-corrected chi connectivity index (χ1v) is 4.53. The first-order valence-electron chi connectivity index (χ1n) is 4.53. The SMILES string of the molecule is C[C@@H]1C[C@@]1(N)Cc1ccccc1.Cl. The summed E-state index contributed by atoms with van der Waals surface area (Å²) in [4.78, 5) is 0. The van der Waals surface area contributed by atoms with Crippen LogP contribution < -0.4 is 5.73 Å². The summed E-state index contributed by atoms with van der Waals surface area (Å²) < 4.78 is 0. The van der Waals surface area contributed by atoms with E-state index in [2.05, 4.69) is 31.2 Å². The molecule has 0 saturated heterocycles. The Morgan fingerprint density at radius 3 is 2.38 bits per heavy atom. The fourth-order valence-corrected chi connectivity index (χ4v) is 1.73. The van der Waals surface area contributed by atoms with Crippen LogP contribution in [0.2, 0.25) is 0 Å². The molecule has 0 unspecified atom stereocenters.